The highest BCUT2D eigenvalue weighted by Crippen LogP contribution is 2.32. The molecule has 0 N–H and O–H groups in total. The predicted molar refractivity (Wildman–Crippen MR) is 118 cm³/mol. The van der Waals surface area contributed by atoms with Crippen molar-refractivity contribution in [2.45, 2.75) is 26.1 Å². The van der Waals surface area contributed by atoms with E-state index in [0.29, 0.717) is 24.5 Å². The summed E-state index contributed by atoms with van der Waals surface area (Å²) in [4.78, 5) is 16.5. The smallest absolute Gasteiger partial charge is 0.368 e. The first kappa shape index (κ1) is 23.9. The van der Waals surface area contributed by atoms with Gasteiger partial charge < -0.3 is 9.80 Å². The third-order valence-corrected chi connectivity index (χ3v) is 6.73. The van der Waals surface area contributed by atoms with E-state index >= 15 is 0 Å². The van der Waals surface area contributed by atoms with Crippen LogP contribution in [0.5, 0.6) is 0 Å². The molecule has 6 nitrogen and oxygen atoms in total. The van der Waals surface area contributed by atoms with Gasteiger partial charge in [0.2, 0.25) is 15.9 Å². The van der Waals surface area contributed by atoms with Crippen molar-refractivity contribution in [1.82, 2.24) is 4.90 Å². The molecular formula is C22H26F3N3O3S. The number of carbonyl (C=O) groups excluding carboxylic acids is 1. The van der Waals surface area contributed by atoms with Crippen molar-refractivity contribution in [3.63, 3.8) is 0 Å². The second kappa shape index (κ2) is 9.01. The van der Waals surface area contributed by atoms with Crippen LogP contribution in [-0.4, -0.2) is 57.7 Å². The topological polar surface area (TPSA) is 60.9 Å². The second-order valence-electron chi connectivity index (χ2n) is 7.93. The van der Waals surface area contributed by atoms with Crippen molar-refractivity contribution in [1.29, 1.82) is 0 Å². The Morgan fingerprint density at radius 3 is 2.16 bits per heavy atom. The van der Waals surface area contributed by atoms with Gasteiger partial charge in [-0.15, -0.1) is 0 Å². The summed E-state index contributed by atoms with van der Waals surface area (Å²) in [5.41, 5.74) is 1.09. The van der Waals surface area contributed by atoms with E-state index in [1.54, 1.807) is 47.1 Å². The van der Waals surface area contributed by atoms with Crippen molar-refractivity contribution in [3.8, 4) is 0 Å². The Labute approximate surface area is 186 Å². The Morgan fingerprint density at radius 1 is 1.03 bits per heavy atom. The standard InChI is InChI=1S/C22H26F3N3O3S/c1-16-7-9-19(10-8-16)28(32(3,30)31)17(2)21(29)27-13-11-26(12-14-27)20-6-4-5-18(15-20)22(23,24)25/h4-10,15,17H,11-14H2,1-3H3/t17-/m0/s1. The molecule has 3 rings (SSSR count). The van der Waals surface area contributed by atoms with Crippen LogP contribution in [0.1, 0.15) is 18.1 Å². The highest BCUT2D eigenvalue weighted by Gasteiger charge is 2.34. The molecule has 2 aromatic rings. The van der Waals surface area contributed by atoms with Crippen LogP contribution < -0.4 is 9.21 Å². The van der Waals surface area contributed by atoms with E-state index in [9.17, 15) is 26.4 Å². The number of rotatable bonds is 5. The van der Waals surface area contributed by atoms with Crippen molar-refractivity contribution in [2.75, 3.05) is 41.6 Å². The number of benzene rings is 2. The normalized spacial score (nSPS) is 16.1. The highest BCUT2D eigenvalue weighted by molar-refractivity contribution is 7.92. The first-order chi connectivity index (χ1) is 14.9. The summed E-state index contributed by atoms with van der Waals surface area (Å²) in [6, 6.07) is 11.0. The van der Waals surface area contributed by atoms with E-state index in [4.69, 9.17) is 0 Å². The maximum atomic E-state index is 13.1. The van der Waals surface area contributed by atoms with Crippen LogP contribution in [0.25, 0.3) is 0 Å². The Balaban J connectivity index is 1.72. The number of nitrogens with zero attached hydrogens (tertiary/aromatic N) is 3. The SMILES string of the molecule is Cc1ccc(N([C@@H](C)C(=O)N2CCN(c3cccc(C(F)(F)F)c3)CC2)S(C)(=O)=O)cc1. The number of sulfonamides is 1. The number of alkyl halides is 3. The van der Waals surface area contributed by atoms with Gasteiger partial charge in [-0.2, -0.15) is 13.2 Å². The molecule has 0 saturated carbocycles. The summed E-state index contributed by atoms with van der Waals surface area (Å²) in [6.07, 6.45) is -3.36. The lowest BCUT2D eigenvalue weighted by Gasteiger charge is -2.39. The number of piperazine rings is 1. The van der Waals surface area contributed by atoms with E-state index in [0.717, 1.165) is 28.3 Å². The zero-order valence-corrected chi connectivity index (χ0v) is 18.9. The van der Waals surface area contributed by atoms with Gasteiger partial charge in [-0.05, 0) is 44.2 Å². The van der Waals surface area contributed by atoms with Crippen LogP contribution in [0, 0.1) is 6.92 Å². The van der Waals surface area contributed by atoms with Gasteiger partial charge in [-0.25, -0.2) is 8.42 Å². The molecule has 0 radical (unpaired) electrons. The van der Waals surface area contributed by atoms with Gasteiger partial charge in [0.25, 0.3) is 0 Å². The number of carbonyl (C=O) groups is 1. The summed E-state index contributed by atoms with van der Waals surface area (Å²) in [7, 11) is -3.72. The lowest BCUT2D eigenvalue weighted by Crippen LogP contribution is -2.55. The van der Waals surface area contributed by atoms with E-state index in [-0.39, 0.29) is 19.0 Å². The summed E-state index contributed by atoms with van der Waals surface area (Å²) in [5, 5.41) is 0. The molecule has 0 aliphatic carbocycles. The van der Waals surface area contributed by atoms with Gasteiger partial charge in [0.15, 0.2) is 0 Å². The fraction of sp³-hybridized carbons (Fsp3) is 0.409. The lowest BCUT2D eigenvalue weighted by molar-refractivity contribution is -0.137. The molecule has 1 heterocycles. The Hall–Kier alpha value is -2.75. The average Bonchev–Trinajstić information content (AvgIpc) is 2.73. The Kier molecular flexibility index (Phi) is 6.73. The average molecular weight is 470 g/mol. The molecule has 0 bridgehead atoms. The van der Waals surface area contributed by atoms with Crippen molar-refractivity contribution >= 4 is 27.3 Å². The van der Waals surface area contributed by atoms with Gasteiger partial charge in [-0.1, -0.05) is 23.8 Å². The van der Waals surface area contributed by atoms with E-state index in [1.807, 2.05) is 6.92 Å². The number of hydrogen-bond donors (Lipinski definition) is 0. The summed E-state index contributed by atoms with van der Waals surface area (Å²) in [6.45, 7) is 4.69. The fourth-order valence-corrected chi connectivity index (χ4v) is 4.99. The number of amides is 1. The summed E-state index contributed by atoms with van der Waals surface area (Å²) < 4.78 is 65.0. The maximum absolute atomic E-state index is 13.1. The molecule has 1 amide bonds. The second-order valence-corrected chi connectivity index (χ2v) is 9.79. The molecule has 1 aliphatic rings. The van der Waals surface area contributed by atoms with Crippen molar-refractivity contribution < 1.29 is 26.4 Å². The minimum absolute atomic E-state index is 0.283. The monoisotopic (exact) mass is 469 g/mol. The zero-order valence-electron chi connectivity index (χ0n) is 18.1. The first-order valence-corrected chi connectivity index (χ1v) is 12.0. The van der Waals surface area contributed by atoms with Gasteiger partial charge >= 0.3 is 6.18 Å². The molecule has 0 unspecified atom stereocenters. The molecule has 2 aromatic carbocycles. The molecule has 1 atom stereocenters. The number of hydrogen-bond acceptors (Lipinski definition) is 4. The molecule has 1 aliphatic heterocycles. The first-order valence-electron chi connectivity index (χ1n) is 10.1. The summed E-state index contributed by atoms with van der Waals surface area (Å²) >= 11 is 0. The van der Waals surface area contributed by atoms with Crippen LogP contribution in [0.2, 0.25) is 0 Å². The number of aryl methyl sites for hydroxylation is 1. The highest BCUT2D eigenvalue weighted by atomic mass is 32.2. The molecule has 0 spiro atoms. The van der Waals surface area contributed by atoms with Gasteiger partial charge in [-0.3, -0.25) is 9.10 Å². The molecule has 1 saturated heterocycles. The van der Waals surface area contributed by atoms with Crippen LogP contribution >= 0.6 is 0 Å². The zero-order chi connectivity index (χ0) is 23.7. The molecule has 0 aromatic heterocycles. The third-order valence-electron chi connectivity index (χ3n) is 5.48. The fourth-order valence-electron chi connectivity index (χ4n) is 3.82. The van der Waals surface area contributed by atoms with Crippen LogP contribution in [-0.2, 0) is 21.0 Å². The van der Waals surface area contributed by atoms with Gasteiger partial charge in [0.1, 0.15) is 6.04 Å². The predicted octanol–water partition coefficient (Wildman–Crippen LogP) is 3.52. The summed E-state index contributed by atoms with van der Waals surface area (Å²) in [5.74, 6) is -0.348. The van der Waals surface area contributed by atoms with Gasteiger partial charge in [0.05, 0.1) is 17.5 Å². The van der Waals surface area contributed by atoms with Crippen LogP contribution in [0.15, 0.2) is 48.5 Å². The Morgan fingerprint density at radius 2 is 1.62 bits per heavy atom. The minimum atomic E-state index is -4.42. The maximum Gasteiger partial charge on any atom is 0.416 e. The quantitative estimate of drug-likeness (QED) is 0.673. The van der Waals surface area contributed by atoms with E-state index in [1.165, 1.54) is 6.07 Å². The van der Waals surface area contributed by atoms with Crippen LogP contribution in [0.3, 0.4) is 0 Å². The molecule has 10 heteroatoms. The molecule has 1 fully saturated rings. The minimum Gasteiger partial charge on any atom is -0.368 e. The number of halogens is 3. The van der Waals surface area contributed by atoms with E-state index in [2.05, 4.69) is 0 Å². The van der Waals surface area contributed by atoms with E-state index < -0.39 is 27.8 Å². The van der Waals surface area contributed by atoms with Crippen LogP contribution in [0.4, 0.5) is 24.5 Å². The molecular weight excluding hydrogens is 443 g/mol. The van der Waals surface area contributed by atoms with Crippen molar-refractivity contribution in [3.05, 3.63) is 59.7 Å². The molecule has 32 heavy (non-hydrogen) atoms. The Bertz CT molecular complexity index is 1060. The lowest BCUT2D eigenvalue weighted by atomic mass is 10.1. The molecule has 174 valence electrons. The largest absolute Gasteiger partial charge is 0.416 e. The van der Waals surface area contributed by atoms with Crippen molar-refractivity contribution in [2.24, 2.45) is 0 Å². The number of anilines is 2. The third kappa shape index (κ3) is 5.35. The van der Waals surface area contributed by atoms with Gasteiger partial charge in [0, 0.05) is 31.9 Å².